The summed E-state index contributed by atoms with van der Waals surface area (Å²) in [6, 6.07) is 0. The lowest BCUT2D eigenvalue weighted by Gasteiger charge is -2.33. The first-order valence-electron chi connectivity index (χ1n) is 22.8. The van der Waals surface area contributed by atoms with E-state index in [-0.39, 0.29) is 39.6 Å². The van der Waals surface area contributed by atoms with Crippen LogP contribution in [-0.4, -0.2) is 245 Å². The summed E-state index contributed by atoms with van der Waals surface area (Å²) < 4.78 is 50.3. The van der Waals surface area contributed by atoms with Gasteiger partial charge in [-0.1, -0.05) is 0 Å². The lowest BCUT2D eigenvalue weighted by atomic mass is 9.92. The number of hydrogen-bond donors (Lipinski definition) is 6. The summed E-state index contributed by atoms with van der Waals surface area (Å²) in [6.07, 6.45) is 5.95. The predicted molar refractivity (Wildman–Crippen MR) is 270 cm³/mol. The fourth-order valence-corrected chi connectivity index (χ4v) is 9.58. The van der Waals surface area contributed by atoms with Gasteiger partial charge in [-0.15, -0.1) is 0 Å². The zero-order valence-electron chi connectivity index (χ0n) is 38.4. The Morgan fingerprint density at radius 3 is 0.540 bits per heavy atom. The Morgan fingerprint density at radius 2 is 0.381 bits per heavy atom. The van der Waals surface area contributed by atoms with Crippen molar-refractivity contribution in [1.82, 2.24) is 0 Å². The zero-order valence-corrected chi connectivity index (χ0v) is 43.3. The molecule has 0 unspecified atom stereocenters. The summed E-state index contributed by atoms with van der Waals surface area (Å²) in [5.41, 5.74) is -1.03. The summed E-state index contributed by atoms with van der Waals surface area (Å²) in [6.45, 7) is 8.91. The first kappa shape index (κ1) is 64.5. The molecule has 0 rings (SSSR count). The molecule has 0 bridgehead atoms. The van der Waals surface area contributed by atoms with Crippen LogP contribution < -0.4 is 0 Å². The standard InChI is InChI=1S/C43H88O14S6/c44-8-28-58-22-2-16-52-36-42(37-53-17-3-23-59-29-9-45,38-54-18-4-24-60-30-10-46)34-50-14-1-15-51-35-43(39-55-19-5-25-61-31-11-47,40-56-20-6-26-62-32-12-48)41-57-21-7-27-63-33-13-49/h44-49H,1-41H2. The second kappa shape index (κ2) is 52.9. The third-order valence-electron chi connectivity index (χ3n) is 8.72. The molecule has 0 aliphatic heterocycles. The maximum Gasteiger partial charge on any atom is 0.0637 e. The average molecular weight is 1020 g/mol. The molecule has 0 spiro atoms. The van der Waals surface area contributed by atoms with Crippen LogP contribution in [0, 0.1) is 10.8 Å². The Labute approximate surface area is 406 Å². The van der Waals surface area contributed by atoms with Crippen molar-refractivity contribution in [2.24, 2.45) is 10.8 Å². The number of ether oxygens (including phenoxy) is 8. The summed E-state index contributed by atoms with van der Waals surface area (Å²) in [4.78, 5) is 0. The van der Waals surface area contributed by atoms with Crippen molar-refractivity contribution < 1.29 is 68.5 Å². The van der Waals surface area contributed by atoms with Crippen LogP contribution in [0.1, 0.15) is 44.9 Å². The highest BCUT2D eigenvalue weighted by atomic mass is 32.2. The van der Waals surface area contributed by atoms with Crippen LogP contribution in [0.25, 0.3) is 0 Å². The molecule has 0 aliphatic carbocycles. The van der Waals surface area contributed by atoms with E-state index in [1.54, 1.807) is 70.6 Å². The van der Waals surface area contributed by atoms with E-state index in [2.05, 4.69) is 0 Å². The largest absolute Gasteiger partial charge is 0.396 e. The molecule has 0 aromatic heterocycles. The second-order valence-electron chi connectivity index (χ2n) is 14.9. The van der Waals surface area contributed by atoms with Crippen molar-refractivity contribution in [2.75, 3.05) is 214 Å². The van der Waals surface area contributed by atoms with Crippen LogP contribution in [0.5, 0.6) is 0 Å². The zero-order chi connectivity index (χ0) is 45.9. The van der Waals surface area contributed by atoms with Crippen molar-refractivity contribution in [1.29, 1.82) is 0 Å². The number of thioether (sulfide) groups is 6. The van der Waals surface area contributed by atoms with Crippen LogP contribution in [0.15, 0.2) is 0 Å². The van der Waals surface area contributed by atoms with Crippen LogP contribution in [-0.2, 0) is 37.9 Å². The highest BCUT2D eigenvalue weighted by Gasteiger charge is 2.34. The van der Waals surface area contributed by atoms with Gasteiger partial charge in [0, 0.05) is 87.4 Å². The molecule has 0 aromatic carbocycles. The molecule has 380 valence electrons. The van der Waals surface area contributed by atoms with Gasteiger partial charge in [0.05, 0.1) is 103 Å². The first-order valence-corrected chi connectivity index (χ1v) is 29.7. The molecule has 0 fully saturated rings. The van der Waals surface area contributed by atoms with Gasteiger partial charge in [0.1, 0.15) is 0 Å². The Kier molecular flexibility index (Phi) is 54.2. The SMILES string of the molecule is OCCSCCCOCC(COCCCOCC(COCCCSCCO)(COCCCSCCO)COCCCSCCO)(COCCCSCCO)COCCCSCCO. The number of aliphatic hydroxyl groups is 6. The van der Waals surface area contributed by atoms with Crippen LogP contribution in [0.3, 0.4) is 0 Å². The van der Waals surface area contributed by atoms with Gasteiger partial charge >= 0.3 is 0 Å². The van der Waals surface area contributed by atoms with Crippen molar-refractivity contribution >= 4 is 70.6 Å². The molecule has 0 radical (unpaired) electrons. The minimum Gasteiger partial charge on any atom is -0.396 e. The van der Waals surface area contributed by atoms with Crippen molar-refractivity contribution in [3.63, 3.8) is 0 Å². The molecule has 0 saturated carbocycles. The summed E-state index contributed by atoms with van der Waals surface area (Å²) >= 11 is 10.3. The van der Waals surface area contributed by atoms with Gasteiger partial charge in [-0.25, -0.2) is 0 Å². The molecular weight excluding hydrogens is 933 g/mol. The lowest BCUT2D eigenvalue weighted by molar-refractivity contribution is -0.114. The predicted octanol–water partition coefficient (Wildman–Crippen LogP) is 4.18. The van der Waals surface area contributed by atoms with Crippen molar-refractivity contribution in [3.05, 3.63) is 0 Å². The topological polar surface area (TPSA) is 195 Å². The summed E-state index contributed by atoms with van der Waals surface area (Å²) in [5.74, 6) is 9.81. The van der Waals surface area contributed by atoms with E-state index in [1.165, 1.54) is 0 Å². The number of aliphatic hydroxyl groups excluding tert-OH is 6. The number of hydrogen-bond acceptors (Lipinski definition) is 20. The second-order valence-corrected chi connectivity index (χ2v) is 22.3. The average Bonchev–Trinajstić information content (AvgIpc) is 3.29. The first-order chi connectivity index (χ1) is 31.1. The maximum atomic E-state index is 9.13. The summed E-state index contributed by atoms with van der Waals surface area (Å²) in [7, 11) is 0. The highest BCUT2D eigenvalue weighted by molar-refractivity contribution is 8.00. The molecule has 14 nitrogen and oxygen atoms in total. The monoisotopic (exact) mass is 1020 g/mol. The molecule has 0 amide bonds. The van der Waals surface area contributed by atoms with E-state index in [1.807, 2.05) is 0 Å². The van der Waals surface area contributed by atoms with E-state index in [9.17, 15) is 0 Å². The van der Waals surface area contributed by atoms with Gasteiger partial charge in [0.2, 0.25) is 0 Å². The molecule has 0 aromatic rings. The normalized spacial score (nSPS) is 12.3. The van der Waals surface area contributed by atoms with E-state index < -0.39 is 10.8 Å². The number of rotatable bonds is 56. The van der Waals surface area contributed by atoms with Crippen LogP contribution in [0.2, 0.25) is 0 Å². The molecule has 0 aliphatic rings. The van der Waals surface area contributed by atoms with Gasteiger partial charge < -0.3 is 68.5 Å². The van der Waals surface area contributed by atoms with E-state index in [4.69, 9.17) is 68.5 Å². The van der Waals surface area contributed by atoms with Crippen LogP contribution in [0.4, 0.5) is 0 Å². The molecule has 0 heterocycles. The highest BCUT2D eigenvalue weighted by Crippen LogP contribution is 2.24. The Morgan fingerprint density at radius 1 is 0.222 bits per heavy atom. The quantitative estimate of drug-likeness (QED) is 0.0475. The lowest BCUT2D eigenvalue weighted by Crippen LogP contribution is -2.42. The Balaban J connectivity index is 5.61. The Bertz CT molecular complexity index is 726. The maximum absolute atomic E-state index is 9.13. The van der Waals surface area contributed by atoms with Gasteiger partial charge in [0.15, 0.2) is 0 Å². The van der Waals surface area contributed by atoms with Gasteiger partial charge in [-0.2, -0.15) is 70.6 Å². The smallest absolute Gasteiger partial charge is 0.0637 e. The minimum atomic E-state index is -0.513. The summed E-state index contributed by atoms with van der Waals surface area (Å²) in [5, 5.41) is 54.8. The van der Waals surface area contributed by atoms with Gasteiger partial charge in [-0.05, 0) is 79.5 Å². The molecule has 20 heteroatoms. The van der Waals surface area contributed by atoms with E-state index >= 15 is 0 Å². The fraction of sp³-hybridized carbons (Fsp3) is 1.00. The van der Waals surface area contributed by atoms with E-state index in [0.29, 0.717) is 112 Å². The molecule has 0 atom stereocenters. The van der Waals surface area contributed by atoms with Gasteiger partial charge in [0.25, 0.3) is 0 Å². The van der Waals surface area contributed by atoms with Crippen molar-refractivity contribution in [2.45, 2.75) is 44.9 Å². The molecule has 6 N–H and O–H groups in total. The molecule has 63 heavy (non-hydrogen) atoms. The third-order valence-corrected chi connectivity index (χ3v) is 15.0. The third kappa shape index (κ3) is 44.5. The molecular formula is C43H88O14S6. The Hall–Kier alpha value is 1.54. The molecule has 0 saturated heterocycles. The fourth-order valence-electron chi connectivity index (χ4n) is 5.65. The minimum absolute atomic E-state index is 0.173. The van der Waals surface area contributed by atoms with E-state index in [0.717, 1.165) is 108 Å². The van der Waals surface area contributed by atoms with Crippen LogP contribution >= 0.6 is 70.6 Å². The van der Waals surface area contributed by atoms with Gasteiger partial charge in [-0.3, -0.25) is 0 Å². The van der Waals surface area contributed by atoms with Crippen molar-refractivity contribution in [3.8, 4) is 0 Å².